The molecule has 1 aliphatic heterocycles. The van der Waals surface area contributed by atoms with Crippen LogP contribution in [-0.4, -0.2) is 50.8 Å². The Morgan fingerprint density at radius 2 is 2.21 bits per heavy atom. The van der Waals surface area contributed by atoms with E-state index in [2.05, 4.69) is 10.6 Å². The summed E-state index contributed by atoms with van der Waals surface area (Å²) in [7, 11) is 1.33. The van der Waals surface area contributed by atoms with Gasteiger partial charge >= 0.3 is 5.97 Å². The highest BCUT2D eigenvalue weighted by Gasteiger charge is 2.24. The SMILES string of the molecule is COC(=O)C(CC(C)C)NC(=O)CC1COCCN1. The summed E-state index contributed by atoms with van der Waals surface area (Å²) in [6, 6.07) is -0.548. The Hall–Kier alpha value is -1.14. The van der Waals surface area contributed by atoms with Crippen molar-refractivity contribution in [3.8, 4) is 0 Å². The average Bonchev–Trinajstić information content (AvgIpc) is 2.37. The van der Waals surface area contributed by atoms with E-state index < -0.39 is 12.0 Å². The van der Waals surface area contributed by atoms with Crippen LogP contribution in [0.25, 0.3) is 0 Å². The van der Waals surface area contributed by atoms with Gasteiger partial charge in [0.15, 0.2) is 0 Å². The monoisotopic (exact) mass is 272 g/mol. The van der Waals surface area contributed by atoms with E-state index in [9.17, 15) is 9.59 Å². The molecule has 0 aromatic heterocycles. The van der Waals surface area contributed by atoms with E-state index >= 15 is 0 Å². The fraction of sp³-hybridized carbons (Fsp3) is 0.846. The maximum Gasteiger partial charge on any atom is 0.328 e. The molecule has 0 saturated carbocycles. The van der Waals surface area contributed by atoms with Crippen molar-refractivity contribution in [3.63, 3.8) is 0 Å². The highest BCUT2D eigenvalue weighted by atomic mass is 16.5. The highest BCUT2D eigenvalue weighted by Crippen LogP contribution is 2.07. The van der Waals surface area contributed by atoms with Crippen LogP contribution in [0.15, 0.2) is 0 Å². The quantitative estimate of drug-likeness (QED) is 0.669. The predicted octanol–water partition coefficient (Wildman–Crippen LogP) is 0.0688. The molecule has 0 aromatic rings. The predicted molar refractivity (Wildman–Crippen MR) is 70.6 cm³/mol. The molecular weight excluding hydrogens is 248 g/mol. The van der Waals surface area contributed by atoms with Gasteiger partial charge in [0.05, 0.1) is 20.3 Å². The van der Waals surface area contributed by atoms with Gasteiger partial charge in [0, 0.05) is 19.0 Å². The molecule has 1 heterocycles. The molecule has 6 nitrogen and oxygen atoms in total. The molecule has 0 aromatic carbocycles. The van der Waals surface area contributed by atoms with Crippen LogP contribution in [0, 0.1) is 5.92 Å². The number of hydrogen-bond acceptors (Lipinski definition) is 5. The summed E-state index contributed by atoms with van der Waals surface area (Å²) in [5.74, 6) is -0.241. The Labute approximate surface area is 114 Å². The molecule has 2 unspecified atom stereocenters. The van der Waals surface area contributed by atoms with Crippen LogP contribution in [0.4, 0.5) is 0 Å². The number of rotatable bonds is 6. The lowest BCUT2D eigenvalue weighted by Gasteiger charge is -2.24. The molecule has 0 aliphatic carbocycles. The highest BCUT2D eigenvalue weighted by molar-refractivity contribution is 5.84. The van der Waals surface area contributed by atoms with Crippen LogP contribution in [0.2, 0.25) is 0 Å². The molecule has 19 heavy (non-hydrogen) atoms. The second-order valence-corrected chi connectivity index (χ2v) is 5.20. The molecule has 1 fully saturated rings. The first-order chi connectivity index (χ1) is 9.02. The van der Waals surface area contributed by atoms with Crippen LogP contribution in [0.3, 0.4) is 0 Å². The van der Waals surface area contributed by atoms with E-state index in [-0.39, 0.29) is 11.9 Å². The summed E-state index contributed by atoms with van der Waals surface area (Å²) < 4.78 is 10.00. The molecule has 0 radical (unpaired) electrons. The third-order valence-corrected chi connectivity index (χ3v) is 2.96. The standard InChI is InChI=1S/C13H24N2O4/c1-9(2)6-11(13(17)18-3)15-12(16)7-10-8-19-5-4-14-10/h9-11,14H,4-8H2,1-3H3,(H,15,16). The first-order valence-electron chi connectivity index (χ1n) is 6.71. The third kappa shape index (κ3) is 6.02. The fourth-order valence-corrected chi connectivity index (χ4v) is 2.06. The van der Waals surface area contributed by atoms with E-state index in [0.717, 1.165) is 6.54 Å². The van der Waals surface area contributed by atoms with Gasteiger partial charge in [-0.15, -0.1) is 0 Å². The van der Waals surface area contributed by atoms with Crippen molar-refractivity contribution in [3.05, 3.63) is 0 Å². The zero-order chi connectivity index (χ0) is 14.3. The number of carbonyl (C=O) groups excluding carboxylic acids is 2. The largest absolute Gasteiger partial charge is 0.467 e. The summed E-state index contributed by atoms with van der Waals surface area (Å²) in [6.45, 7) is 5.96. The zero-order valence-electron chi connectivity index (χ0n) is 11.9. The zero-order valence-corrected chi connectivity index (χ0v) is 11.9. The van der Waals surface area contributed by atoms with Crippen molar-refractivity contribution >= 4 is 11.9 Å². The molecule has 0 spiro atoms. The van der Waals surface area contributed by atoms with Crippen molar-refractivity contribution in [1.29, 1.82) is 0 Å². The van der Waals surface area contributed by atoms with Crippen LogP contribution < -0.4 is 10.6 Å². The number of carbonyl (C=O) groups is 2. The summed E-state index contributed by atoms with van der Waals surface area (Å²) in [4.78, 5) is 23.5. The number of methoxy groups -OCH3 is 1. The lowest BCUT2D eigenvalue weighted by atomic mass is 10.0. The Bertz CT molecular complexity index is 301. The second kappa shape index (κ2) is 8.12. The van der Waals surface area contributed by atoms with Crippen LogP contribution >= 0.6 is 0 Å². The van der Waals surface area contributed by atoms with Crippen LogP contribution in [0.5, 0.6) is 0 Å². The number of ether oxygens (including phenoxy) is 2. The van der Waals surface area contributed by atoms with E-state index in [1.165, 1.54) is 7.11 Å². The van der Waals surface area contributed by atoms with Crippen molar-refractivity contribution in [2.75, 3.05) is 26.9 Å². The first-order valence-corrected chi connectivity index (χ1v) is 6.71. The number of amides is 1. The molecule has 1 rings (SSSR count). The number of nitrogens with one attached hydrogen (secondary N) is 2. The maximum atomic E-state index is 11.9. The summed E-state index contributed by atoms with van der Waals surface area (Å²) in [5.41, 5.74) is 0. The van der Waals surface area contributed by atoms with Gasteiger partial charge in [-0.1, -0.05) is 13.8 Å². The van der Waals surface area contributed by atoms with Crippen molar-refractivity contribution < 1.29 is 19.1 Å². The summed E-state index contributed by atoms with van der Waals surface area (Å²) in [5, 5.41) is 5.94. The molecule has 6 heteroatoms. The molecule has 0 bridgehead atoms. The molecular formula is C13H24N2O4. The Morgan fingerprint density at radius 3 is 2.74 bits per heavy atom. The van der Waals surface area contributed by atoms with E-state index in [0.29, 0.717) is 32.0 Å². The number of morpholine rings is 1. The normalized spacial score (nSPS) is 20.9. The molecule has 2 N–H and O–H groups in total. The van der Waals surface area contributed by atoms with Crippen molar-refractivity contribution in [1.82, 2.24) is 10.6 Å². The minimum Gasteiger partial charge on any atom is -0.467 e. The lowest BCUT2D eigenvalue weighted by Crippen LogP contribution is -2.47. The van der Waals surface area contributed by atoms with Gasteiger partial charge in [0.2, 0.25) is 5.91 Å². The Balaban J connectivity index is 2.43. The fourth-order valence-electron chi connectivity index (χ4n) is 2.06. The Kier molecular flexibility index (Phi) is 6.80. The second-order valence-electron chi connectivity index (χ2n) is 5.20. The topological polar surface area (TPSA) is 76.7 Å². The summed E-state index contributed by atoms with van der Waals surface area (Å²) >= 11 is 0. The number of esters is 1. The smallest absolute Gasteiger partial charge is 0.328 e. The van der Waals surface area contributed by atoms with Crippen LogP contribution in [0.1, 0.15) is 26.7 Å². The molecule has 1 saturated heterocycles. The van der Waals surface area contributed by atoms with Gasteiger partial charge in [-0.3, -0.25) is 4.79 Å². The third-order valence-electron chi connectivity index (χ3n) is 2.96. The number of hydrogen-bond donors (Lipinski definition) is 2. The lowest BCUT2D eigenvalue weighted by molar-refractivity contribution is -0.145. The van der Waals surface area contributed by atoms with Crippen LogP contribution in [-0.2, 0) is 19.1 Å². The van der Waals surface area contributed by atoms with Crippen molar-refractivity contribution in [2.24, 2.45) is 5.92 Å². The molecule has 110 valence electrons. The van der Waals surface area contributed by atoms with E-state index in [4.69, 9.17) is 9.47 Å². The van der Waals surface area contributed by atoms with E-state index in [1.54, 1.807) is 0 Å². The van der Waals surface area contributed by atoms with E-state index in [1.807, 2.05) is 13.8 Å². The van der Waals surface area contributed by atoms with Gasteiger partial charge in [-0.2, -0.15) is 0 Å². The Morgan fingerprint density at radius 1 is 1.47 bits per heavy atom. The summed E-state index contributed by atoms with van der Waals surface area (Å²) in [6.07, 6.45) is 0.887. The minimum absolute atomic E-state index is 0.0195. The molecule has 2 atom stereocenters. The van der Waals surface area contributed by atoms with Gasteiger partial charge in [0.1, 0.15) is 6.04 Å². The van der Waals surface area contributed by atoms with Gasteiger partial charge in [0.25, 0.3) is 0 Å². The van der Waals surface area contributed by atoms with Gasteiger partial charge < -0.3 is 20.1 Å². The molecule has 1 amide bonds. The molecule has 1 aliphatic rings. The van der Waals surface area contributed by atoms with Gasteiger partial charge in [-0.25, -0.2) is 4.79 Å². The maximum absolute atomic E-state index is 11.9. The van der Waals surface area contributed by atoms with Crippen molar-refractivity contribution in [2.45, 2.75) is 38.8 Å². The average molecular weight is 272 g/mol. The van der Waals surface area contributed by atoms with Gasteiger partial charge in [-0.05, 0) is 12.3 Å². The minimum atomic E-state index is -0.568. The first kappa shape index (κ1) is 15.9.